The molecule has 0 aliphatic rings. The molecule has 21 heavy (non-hydrogen) atoms. The van der Waals surface area contributed by atoms with Crippen molar-refractivity contribution in [2.75, 3.05) is 12.4 Å². The van der Waals surface area contributed by atoms with Gasteiger partial charge in [-0.3, -0.25) is 14.9 Å². The van der Waals surface area contributed by atoms with Crippen LogP contribution in [-0.2, 0) is 9.53 Å². The van der Waals surface area contributed by atoms with Crippen LogP contribution in [0.1, 0.15) is 27.7 Å². The van der Waals surface area contributed by atoms with Gasteiger partial charge in [0.1, 0.15) is 0 Å². The van der Waals surface area contributed by atoms with Crippen molar-refractivity contribution < 1.29 is 18.8 Å². The highest BCUT2D eigenvalue weighted by Gasteiger charge is 2.44. The Morgan fingerprint density at radius 1 is 1.33 bits per heavy atom. The summed E-state index contributed by atoms with van der Waals surface area (Å²) in [6, 6.07) is 3.32. The molecule has 1 rings (SSSR count). The van der Waals surface area contributed by atoms with Crippen LogP contribution >= 0.6 is 0 Å². The topological polar surface area (TPSA) is 81.5 Å². The number of nitro groups is 1. The van der Waals surface area contributed by atoms with Crippen LogP contribution in [0.3, 0.4) is 0 Å². The number of halogens is 1. The number of benzene rings is 1. The first-order valence-corrected chi connectivity index (χ1v) is 6.33. The minimum atomic E-state index is -0.935. The number of non-ortho nitro benzene ring substituents is 1. The summed E-state index contributed by atoms with van der Waals surface area (Å²) >= 11 is 0. The summed E-state index contributed by atoms with van der Waals surface area (Å²) in [5.74, 6) is -1.19. The molecule has 0 heterocycles. The van der Waals surface area contributed by atoms with Gasteiger partial charge >= 0.3 is 5.97 Å². The zero-order valence-corrected chi connectivity index (χ0v) is 12.7. The number of nitrogens with zero attached hydrogens (tertiary/aromatic N) is 1. The minimum Gasteiger partial charge on any atom is -0.469 e. The number of hydrogen-bond donors (Lipinski definition) is 1. The molecule has 0 radical (unpaired) electrons. The van der Waals surface area contributed by atoms with Crippen molar-refractivity contribution in [1.82, 2.24) is 0 Å². The van der Waals surface area contributed by atoms with Crippen LogP contribution in [0.2, 0.25) is 0 Å². The number of carbonyl (C=O) groups is 1. The van der Waals surface area contributed by atoms with Crippen LogP contribution in [0.5, 0.6) is 0 Å². The minimum absolute atomic E-state index is 0.0857. The third-order valence-corrected chi connectivity index (χ3v) is 3.87. The second-order valence-corrected chi connectivity index (χ2v) is 5.79. The highest BCUT2D eigenvalue weighted by atomic mass is 19.1. The molecular weight excluding hydrogens is 279 g/mol. The molecule has 7 heteroatoms. The van der Waals surface area contributed by atoms with Gasteiger partial charge in [-0.15, -0.1) is 0 Å². The van der Waals surface area contributed by atoms with Crippen LogP contribution < -0.4 is 5.32 Å². The zero-order valence-electron chi connectivity index (χ0n) is 12.7. The maximum Gasteiger partial charge on any atom is 0.313 e. The van der Waals surface area contributed by atoms with E-state index < -0.39 is 27.7 Å². The molecule has 0 saturated heterocycles. The van der Waals surface area contributed by atoms with Gasteiger partial charge in [-0.05, 0) is 33.8 Å². The number of hydrogen-bond acceptors (Lipinski definition) is 5. The fraction of sp³-hybridized carbons (Fsp3) is 0.500. The summed E-state index contributed by atoms with van der Waals surface area (Å²) in [6.07, 6.45) is 0. The van der Waals surface area contributed by atoms with E-state index in [1.807, 2.05) is 0 Å². The van der Waals surface area contributed by atoms with Crippen molar-refractivity contribution in [2.45, 2.75) is 33.2 Å². The first-order valence-electron chi connectivity index (χ1n) is 6.33. The van der Waals surface area contributed by atoms with Gasteiger partial charge < -0.3 is 10.1 Å². The lowest BCUT2D eigenvalue weighted by atomic mass is 9.74. The molecule has 0 aliphatic heterocycles. The molecule has 6 nitrogen and oxygen atoms in total. The largest absolute Gasteiger partial charge is 0.469 e. The van der Waals surface area contributed by atoms with Gasteiger partial charge in [-0.25, -0.2) is 4.39 Å². The molecular formula is C14H19FN2O4. The van der Waals surface area contributed by atoms with E-state index in [0.717, 1.165) is 6.07 Å². The third kappa shape index (κ3) is 3.29. The van der Waals surface area contributed by atoms with E-state index in [1.54, 1.807) is 27.7 Å². The first-order chi connectivity index (χ1) is 9.52. The number of carbonyl (C=O) groups excluding carboxylic acids is 1. The number of anilines is 1. The fourth-order valence-corrected chi connectivity index (χ4v) is 1.72. The van der Waals surface area contributed by atoms with Crippen molar-refractivity contribution in [3.05, 3.63) is 34.1 Å². The van der Waals surface area contributed by atoms with E-state index in [1.165, 1.54) is 19.2 Å². The van der Waals surface area contributed by atoms with Gasteiger partial charge in [0.05, 0.1) is 29.2 Å². The molecule has 0 aliphatic carbocycles. The molecule has 0 fully saturated rings. The first kappa shape index (κ1) is 16.9. The zero-order chi connectivity index (χ0) is 16.4. The Morgan fingerprint density at radius 3 is 2.33 bits per heavy atom. The van der Waals surface area contributed by atoms with E-state index in [-0.39, 0.29) is 11.4 Å². The van der Waals surface area contributed by atoms with E-state index in [9.17, 15) is 19.3 Å². The van der Waals surface area contributed by atoms with Gasteiger partial charge in [0.15, 0.2) is 5.82 Å². The normalized spacial score (nSPS) is 11.9. The number of nitro benzene ring substituents is 1. The van der Waals surface area contributed by atoms with Crippen LogP contribution in [0.15, 0.2) is 18.2 Å². The average molecular weight is 298 g/mol. The van der Waals surface area contributed by atoms with E-state index in [4.69, 9.17) is 4.74 Å². The summed E-state index contributed by atoms with van der Waals surface area (Å²) in [5.41, 5.74) is -2.02. The maximum absolute atomic E-state index is 13.9. The summed E-state index contributed by atoms with van der Waals surface area (Å²) in [4.78, 5) is 21.8. The van der Waals surface area contributed by atoms with E-state index >= 15 is 0 Å². The maximum atomic E-state index is 13.9. The average Bonchev–Trinajstić information content (AvgIpc) is 2.39. The second-order valence-electron chi connectivity index (χ2n) is 5.79. The van der Waals surface area contributed by atoms with Crippen molar-refractivity contribution in [2.24, 2.45) is 5.41 Å². The van der Waals surface area contributed by atoms with Gasteiger partial charge in [0, 0.05) is 11.6 Å². The molecule has 116 valence electrons. The second kappa shape index (κ2) is 5.67. The lowest BCUT2D eigenvalue weighted by Crippen LogP contribution is -2.51. The highest BCUT2D eigenvalue weighted by Crippen LogP contribution is 2.35. The Kier molecular flexibility index (Phi) is 4.56. The van der Waals surface area contributed by atoms with Crippen LogP contribution in [0, 0.1) is 21.3 Å². The molecule has 0 spiro atoms. The van der Waals surface area contributed by atoms with Gasteiger partial charge in [0.2, 0.25) is 0 Å². The SMILES string of the molecule is COC(=O)C(C)(C)C(C)(C)Nc1ccc([N+](=O)[O-])cc1F. The Morgan fingerprint density at radius 2 is 1.90 bits per heavy atom. The predicted molar refractivity (Wildman–Crippen MR) is 76.6 cm³/mol. The van der Waals surface area contributed by atoms with Crippen molar-refractivity contribution >= 4 is 17.3 Å². The van der Waals surface area contributed by atoms with Crippen LogP contribution in [0.25, 0.3) is 0 Å². The Balaban J connectivity index is 3.10. The Labute approximate surface area is 122 Å². The van der Waals surface area contributed by atoms with Crippen molar-refractivity contribution in [3.63, 3.8) is 0 Å². The molecule has 0 unspecified atom stereocenters. The van der Waals surface area contributed by atoms with Crippen molar-refractivity contribution in [3.8, 4) is 0 Å². The van der Waals surface area contributed by atoms with Crippen LogP contribution in [0.4, 0.5) is 15.8 Å². The number of ether oxygens (including phenoxy) is 1. The predicted octanol–water partition coefficient (Wildman–Crippen LogP) is 3.12. The molecule has 1 aromatic carbocycles. The highest BCUT2D eigenvalue weighted by molar-refractivity contribution is 5.78. The van der Waals surface area contributed by atoms with E-state index in [0.29, 0.717) is 0 Å². The van der Waals surface area contributed by atoms with E-state index in [2.05, 4.69) is 5.32 Å². The summed E-state index contributed by atoms with van der Waals surface area (Å²) in [6.45, 7) is 6.81. The molecule has 0 aromatic heterocycles. The van der Waals surface area contributed by atoms with Crippen LogP contribution in [-0.4, -0.2) is 23.5 Å². The third-order valence-electron chi connectivity index (χ3n) is 3.87. The molecule has 0 atom stereocenters. The summed E-state index contributed by atoms with van der Waals surface area (Å²) < 4.78 is 18.7. The molecule has 0 saturated carbocycles. The number of rotatable bonds is 5. The quantitative estimate of drug-likeness (QED) is 0.513. The summed E-state index contributed by atoms with van der Waals surface area (Å²) in [5, 5.41) is 13.5. The van der Waals surface area contributed by atoms with Gasteiger partial charge in [-0.1, -0.05) is 0 Å². The lowest BCUT2D eigenvalue weighted by Gasteiger charge is -2.40. The molecule has 1 aromatic rings. The Hall–Kier alpha value is -2.18. The molecule has 0 bridgehead atoms. The van der Waals surface area contributed by atoms with Gasteiger partial charge in [0.25, 0.3) is 5.69 Å². The molecule has 0 amide bonds. The van der Waals surface area contributed by atoms with Crippen molar-refractivity contribution in [1.29, 1.82) is 0 Å². The number of esters is 1. The molecule has 1 N–H and O–H groups in total. The summed E-state index contributed by atoms with van der Waals surface area (Å²) in [7, 11) is 1.28. The fourth-order valence-electron chi connectivity index (χ4n) is 1.72. The van der Waals surface area contributed by atoms with Gasteiger partial charge in [-0.2, -0.15) is 0 Å². The number of nitrogens with one attached hydrogen (secondary N) is 1. The smallest absolute Gasteiger partial charge is 0.313 e. The Bertz CT molecular complexity index is 570. The number of methoxy groups -OCH3 is 1. The monoisotopic (exact) mass is 298 g/mol. The standard InChI is InChI=1S/C14H19FN2O4/c1-13(2,12(18)21-5)14(3,4)16-11-7-6-9(17(19)20)8-10(11)15/h6-8,16H,1-5H3. The lowest BCUT2D eigenvalue weighted by molar-refractivity contribution is -0.385.